The first-order valence-corrected chi connectivity index (χ1v) is 10.9. The van der Waals surface area contributed by atoms with Gasteiger partial charge in [0.05, 0.1) is 38.6 Å². The third kappa shape index (κ3) is 7.27. The van der Waals surface area contributed by atoms with Gasteiger partial charge in [-0.1, -0.05) is 12.1 Å². The van der Waals surface area contributed by atoms with Crippen molar-refractivity contribution in [1.29, 1.82) is 0 Å². The Balaban J connectivity index is 1.63. The van der Waals surface area contributed by atoms with Crippen LogP contribution in [0.4, 0.5) is 0 Å². The second kappa shape index (κ2) is 12.5. The maximum absolute atomic E-state index is 9.84. The summed E-state index contributed by atoms with van der Waals surface area (Å²) < 4.78 is 34.5. The molecule has 0 saturated carbocycles. The number of fused-ring (bicyclic) bond motifs is 2. The predicted molar refractivity (Wildman–Crippen MR) is 118 cm³/mol. The molecule has 0 aliphatic carbocycles. The number of rotatable bonds is 2. The molecule has 0 bridgehead atoms. The molecule has 0 spiro atoms. The first-order chi connectivity index (χ1) is 15.5. The van der Waals surface area contributed by atoms with Crippen molar-refractivity contribution in [2.75, 3.05) is 52.9 Å². The standard InChI is InChI=1S/C24H32O8/c1-17(25)19-3-5-21-23(15-19)31-13-9-27-8-12-30-22-6-4-20(18(2)26)16-24(22)32-14-10-28-7-11-29-21/h3-6,15-18,25-26H,7-14H2,1-2H3/t17-,18+. The molecule has 8 nitrogen and oxygen atoms in total. The third-order valence-electron chi connectivity index (χ3n) is 4.84. The zero-order valence-electron chi connectivity index (χ0n) is 18.6. The van der Waals surface area contributed by atoms with Crippen LogP contribution in [0.15, 0.2) is 36.4 Å². The average Bonchev–Trinajstić information content (AvgIpc) is 2.78. The summed E-state index contributed by atoms with van der Waals surface area (Å²) in [6.07, 6.45) is -1.21. The summed E-state index contributed by atoms with van der Waals surface area (Å²) in [4.78, 5) is 0. The molecule has 0 aromatic heterocycles. The second-order valence-corrected chi connectivity index (χ2v) is 7.38. The highest BCUT2D eigenvalue weighted by atomic mass is 16.6. The van der Waals surface area contributed by atoms with Crippen molar-refractivity contribution in [3.63, 3.8) is 0 Å². The van der Waals surface area contributed by atoms with Gasteiger partial charge in [0.25, 0.3) is 0 Å². The monoisotopic (exact) mass is 448 g/mol. The van der Waals surface area contributed by atoms with Crippen LogP contribution in [-0.2, 0) is 9.47 Å². The summed E-state index contributed by atoms with van der Waals surface area (Å²) in [6.45, 7) is 6.23. The molecule has 2 aromatic rings. The fraction of sp³-hybridized carbons (Fsp3) is 0.500. The van der Waals surface area contributed by atoms with Crippen molar-refractivity contribution in [3.8, 4) is 23.0 Å². The van der Waals surface area contributed by atoms with Crippen LogP contribution in [0.1, 0.15) is 37.2 Å². The van der Waals surface area contributed by atoms with Gasteiger partial charge in [0.15, 0.2) is 23.0 Å². The summed E-state index contributed by atoms with van der Waals surface area (Å²) in [6, 6.07) is 10.7. The molecule has 176 valence electrons. The minimum absolute atomic E-state index is 0.327. The molecule has 0 saturated heterocycles. The van der Waals surface area contributed by atoms with E-state index >= 15 is 0 Å². The normalized spacial score (nSPS) is 18.1. The molecule has 2 N–H and O–H groups in total. The van der Waals surface area contributed by atoms with Crippen molar-refractivity contribution in [1.82, 2.24) is 0 Å². The van der Waals surface area contributed by atoms with Crippen LogP contribution in [0.25, 0.3) is 0 Å². The Morgan fingerprint density at radius 1 is 0.531 bits per heavy atom. The van der Waals surface area contributed by atoms with E-state index in [1.165, 1.54) is 0 Å². The van der Waals surface area contributed by atoms with E-state index in [4.69, 9.17) is 28.4 Å². The molecule has 0 amide bonds. The Bertz CT molecular complexity index is 767. The highest BCUT2D eigenvalue weighted by Crippen LogP contribution is 2.32. The molecule has 3 rings (SSSR count). The lowest BCUT2D eigenvalue weighted by atomic mass is 10.1. The molecule has 0 fully saturated rings. The first kappa shape index (κ1) is 24.1. The Labute approximate surface area is 188 Å². The zero-order valence-corrected chi connectivity index (χ0v) is 18.6. The minimum atomic E-state index is -0.603. The van der Waals surface area contributed by atoms with Gasteiger partial charge in [0.1, 0.15) is 26.4 Å². The highest BCUT2D eigenvalue weighted by Gasteiger charge is 2.12. The predicted octanol–water partition coefficient (Wildman–Crippen LogP) is 3.06. The van der Waals surface area contributed by atoms with Gasteiger partial charge in [0, 0.05) is 0 Å². The van der Waals surface area contributed by atoms with E-state index in [1.807, 2.05) is 0 Å². The SMILES string of the molecule is C[C@H](O)c1ccc2c(c1)OCCOCCOc1ccc([C@@H](C)O)cc1OCCOCCO2. The lowest BCUT2D eigenvalue weighted by Gasteiger charge is -2.17. The van der Waals surface area contributed by atoms with Crippen LogP contribution in [0.5, 0.6) is 23.0 Å². The first-order valence-electron chi connectivity index (χ1n) is 10.9. The molecular weight excluding hydrogens is 416 g/mol. The molecule has 2 aromatic carbocycles. The molecule has 1 aliphatic heterocycles. The fourth-order valence-electron chi connectivity index (χ4n) is 3.08. The second-order valence-electron chi connectivity index (χ2n) is 7.38. The zero-order chi connectivity index (χ0) is 22.8. The number of aliphatic hydroxyl groups is 2. The molecule has 1 aliphatic rings. The van der Waals surface area contributed by atoms with Gasteiger partial charge in [-0.15, -0.1) is 0 Å². The van der Waals surface area contributed by atoms with Gasteiger partial charge in [-0.3, -0.25) is 0 Å². The summed E-state index contributed by atoms with van der Waals surface area (Å²) in [7, 11) is 0. The van der Waals surface area contributed by atoms with E-state index in [0.29, 0.717) is 75.9 Å². The highest BCUT2D eigenvalue weighted by molar-refractivity contribution is 5.44. The number of benzene rings is 2. The maximum atomic E-state index is 9.84. The Morgan fingerprint density at radius 3 is 1.22 bits per heavy atom. The Hall–Kier alpha value is -2.52. The van der Waals surface area contributed by atoms with E-state index in [1.54, 1.807) is 50.2 Å². The van der Waals surface area contributed by atoms with Crippen LogP contribution >= 0.6 is 0 Å². The van der Waals surface area contributed by atoms with Gasteiger partial charge in [-0.25, -0.2) is 0 Å². The lowest BCUT2D eigenvalue weighted by Crippen LogP contribution is -2.15. The van der Waals surface area contributed by atoms with Crippen LogP contribution in [0, 0.1) is 0 Å². The van der Waals surface area contributed by atoms with E-state index in [-0.39, 0.29) is 0 Å². The lowest BCUT2D eigenvalue weighted by molar-refractivity contribution is 0.0638. The molecular formula is C24H32O8. The number of ether oxygens (including phenoxy) is 6. The minimum Gasteiger partial charge on any atom is -0.487 e. The summed E-state index contributed by atoms with van der Waals surface area (Å²) in [5, 5.41) is 19.7. The molecule has 0 unspecified atom stereocenters. The van der Waals surface area contributed by atoms with Crippen molar-refractivity contribution < 1.29 is 38.6 Å². The van der Waals surface area contributed by atoms with Crippen LogP contribution in [-0.4, -0.2) is 63.1 Å². The summed E-state index contributed by atoms with van der Waals surface area (Å²) in [5.74, 6) is 2.27. The van der Waals surface area contributed by atoms with Gasteiger partial charge in [0.2, 0.25) is 0 Å². The smallest absolute Gasteiger partial charge is 0.161 e. The fourth-order valence-corrected chi connectivity index (χ4v) is 3.08. The van der Waals surface area contributed by atoms with Crippen molar-refractivity contribution in [3.05, 3.63) is 47.5 Å². The molecule has 32 heavy (non-hydrogen) atoms. The summed E-state index contributed by atoms with van der Waals surface area (Å²) >= 11 is 0. The maximum Gasteiger partial charge on any atom is 0.161 e. The van der Waals surface area contributed by atoms with E-state index < -0.39 is 12.2 Å². The largest absolute Gasteiger partial charge is 0.487 e. The van der Waals surface area contributed by atoms with Gasteiger partial charge < -0.3 is 38.6 Å². The molecule has 2 atom stereocenters. The quantitative estimate of drug-likeness (QED) is 0.724. The number of hydrogen-bond acceptors (Lipinski definition) is 8. The van der Waals surface area contributed by atoms with Gasteiger partial charge in [-0.05, 0) is 49.2 Å². The average molecular weight is 449 g/mol. The van der Waals surface area contributed by atoms with Crippen LogP contribution in [0.3, 0.4) is 0 Å². The Morgan fingerprint density at radius 2 is 0.875 bits per heavy atom. The number of aliphatic hydroxyl groups excluding tert-OH is 2. The van der Waals surface area contributed by atoms with E-state index in [0.717, 1.165) is 11.1 Å². The van der Waals surface area contributed by atoms with Crippen molar-refractivity contribution >= 4 is 0 Å². The van der Waals surface area contributed by atoms with Gasteiger partial charge in [-0.2, -0.15) is 0 Å². The topological polar surface area (TPSA) is 95.8 Å². The molecule has 0 radical (unpaired) electrons. The van der Waals surface area contributed by atoms with E-state index in [2.05, 4.69) is 0 Å². The Kier molecular flexibility index (Phi) is 9.43. The van der Waals surface area contributed by atoms with Crippen LogP contribution < -0.4 is 18.9 Å². The van der Waals surface area contributed by atoms with Crippen LogP contribution in [0.2, 0.25) is 0 Å². The number of hydrogen-bond donors (Lipinski definition) is 2. The molecule has 1 heterocycles. The van der Waals surface area contributed by atoms with Crippen molar-refractivity contribution in [2.45, 2.75) is 26.1 Å². The molecule has 8 heteroatoms. The van der Waals surface area contributed by atoms with Gasteiger partial charge >= 0.3 is 0 Å². The van der Waals surface area contributed by atoms with E-state index in [9.17, 15) is 10.2 Å². The third-order valence-corrected chi connectivity index (χ3v) is 4.84. The van der Waals surface area contributed by atoms with Crippen molar-refractivity contribution in [2.24, 2.45) is 0 Å². The summed E-state index contributed by atoms with van der Waals surface area (Å²) in [5.41, 5.74) is 1.49.